The van der Waals surface area contributed by atoms with Crippen LogP contribution in [0.3, 0.4) is 0 Å². The molecule has 0 bridgehead atoms. The maximum absolute atomic E-state index is 12.8. The fraction of sp³-hybridized carbons (Fsp3) is 0.556. The zero-order valence-electron chi connectivity index (χ0n) is 14.9. The summed E-state index contributed by atoms with van der Waals surface area (Å²) in [5.41, 5.74) is 2.08. The molecule has 4 rings (SSSR count). The van der Waals surface area contributed by atoms with Crippen molar-refractivity contribution >= 4 is 21.4 Å². The average Bonchev–Trinajstić information content (AvgIpc) is 3.14. The summed E-state index contributed by atoms with van der Waals surface area (Å²) < 4.78 is 25.2. The number of fused-ring (bicyclic) bond motifs is 1. The monoisotopic (exact) mass is 376 g/mol. The number of hydrogen-bond acceptors (Lipinski definition) is 5. The Morgan fingerprint density at radius 3 is 2.69 bits per heavy atom. The second-order valence-electron chi connectivity index (χ2n) is 7.32. The van der Waals surface area contributed by atoms with Gasteiger partial charge in [0.05, 0.1) is 17.2 Å². The van der Waals surface area contributed by atoms with Crippen LogP contribution in [-0.4, -0.2) is 65.3 Å². The number of carbonyl (C=O) groups excluding carboxylic acids is 1. The number of likely N-dealkylation sites (tertiary alicyclic amines) is 1. The molecule has 140 valence electrons. The first-order valence-electron chi connectivity index (χ1n) is 9.12. The minimum Gasteiger partial charge on any atom is -0.348 e. The van der Waals surface area contributed by atoms with E-state index in [9.17, 15) is 13.2 Å². The number of piperidine rings is 1. The fourth-order valence-corrected chi connectivity index (χ4v) is 5.87. The maximum Gasteiger partial charge on any atom is 0.270 e. The number of aryl methyl sites for hydroxylation is 1. The summed E-state index contributed by atoms with van der Waals surface area (Å²) in [6.07, 6.45) is 4.28. The zero-order chi connectivity index (χ0) is 18.3. The molecule has 0 radical (unpaired) electrons. The summed E-state index contributed by atoms with van der Waals surface area (Å²) >= 11 is 0. The second kappa shape index (κ2) is 6.66. The number of nitrogens with zero attached hydrogens (tertiary/aromatic N) is 3. The third kappa shape index (κ3) is 3.35. The van der Waals surface area contributed by atoms with E-state index in [0.717, 1.165) is 43.7 Å². The van der Waals surface area contributed by atoms with E-state index in [1.807, 2.05) is 35.7 Å². The first-order chi connectivity index (χ1) is 12.4. The number of aromatic nitrogens is 2. The fourth-order valence-electron chi connectivity index (χ4n) is 4.11. The van der Waals surface area contributed by atoms with Crippen LogP contribution in [0.25, 0.3) is 5.65 Å². The predicted molar refractivity (Wildman–Crippen MR) is 99.0 cm³/mol. The first kappa shape index (κ1) is 17.5. The molecule has 26 heavy (non-hydrogen) atoms. The summed E-state index contributed by atoms with van der Waals surface area (Å²) in [7, 11) is -2.85. The van der Waals surface area contributed by atoms with Gasteiger partial charge in [-0.05, 0) is 38.3 Å². The van der Waals surface area contributed by atoms with Gasteiger partial charge >= 0.3 is 0 Å². The molecule has 2 aromatic rings. The molecule has 0 aliphatic carbocycles. The molecule has 2 aliphatic rings. The zero-order valence-corrected chi connectivity index (χ0v) is 15.7. The topological polar surface area (TPSA) is 83.8 Å². The van der Waals surface area contributed by atoms with Crippen molar-refractivity contribution in [2.45, 2.75) is 38.3 Å². The standard InChI is InChI=1S/C18H24N4O3S/c1-13-17(22-8-3-2-4-16(22)19-13)18(23)20-14-5-9-21(10-6-14)15-7-11-26(24,25)12-15/h2-4,8,14-15H,5-7,9-12H2,1H3,(H,20,23)/t15-/m1/s1. The summed E-state index contributed by atoms with van der Waals surface area (Å²) in [6, 6.07) is 5.95. The van der Waals surface area contributed by atoms with Crippen LogP contribution in [0.15, 0.2) is 24.4 Å². The van der Waals surface area contributed by atoms with E-state index in [1.54, 1.807) is 0 Å². The highest BCUT2D eigenvalue weighted by Gasteiger charge is 2.34. The molecule has 0 unspecified atom stereocenters. The molecule has 1 N–H and O–H groups in total. The lowest BCUT2D eigenvalue weighted by Gasteiger charge is -2.35. The molecule has 2 aliphatic heterocycles. The number of imidazole rings is 1. The molecule has 2 fully saturated rings. The van der Waals surface area contributed by atoms with Gasteiger partial charge in [0.1, 0.15) is 11.3 Å². The average molecular weight is 376 g/mol. The summed E-state index contributed by atoms with van der Waals surface area (Å²) in [5, 5.41) is 3.14. The molecule has 0 spiro atoms. The van der Waals surface area contributed by atoms with Crippen molar-refractivity contribution in [2.75, 3.05) is 24.6 Å². The highest BCUT2D eigenvalue weighted by Crippen LogP contribution is 2.22. The largest absolute Gasteiger partial charge is 0.348 e. The molecule has 1 amide bonds. The number of sulfone groups is 1. The number of nitrogens with one attached hydrogen (secondary N) is 1. The van der Waals surface area contributed by atoms with Crippen LogP contribution < -0.4 is 5.32 Å². The van der Waals surface area contributed by atoms with Gasteiger partial charge in [-0.1, -0.05) is 6.07 Å². The molecule has 7 nitrogen and oxygen atoms in total. The van der Waals surface area contributed by atoms with Crippen molar-refractivity contribution < 1.29 is 13.2 Å². The number of amides is 1. The number of pyridine rings is 1. The van der Waals surface area contributed by atoms with Crippen molar-refractivity contribution in [3.63, 3.8) is 0 Å². The van der Waals surface area contributed by atoms with E-state index in [2.05, 4.69) is 15.2 Å². The molecular formula is C18H24N4O3S. The first-order valence-corrected chi connectivity index (χ1v) is 10.9. The predicted octanol–water partition coefficient (Wildman–Crippen LogP) is 1.02. The minimum atomic E-state index is -2.85. The molecule has 2 saturated heterocycles. The van der Waals surface area contributed by atoms with Gasteiger partial charge in [-0.25, -0.2) is 13.4 Å². The van der Waals surface area contributed by atoms with Gasteiger partial charge in [0, 0.05) is 31.4 Å². The number of carbonyl (C=O) groups is 1. The van der Waals surface area contributed by atoms with E-state index in [-0.39, 0.29) is 23.7 Å². The molecule has 0 aromatic carbocycles. The normalized spacial score (nSPS) is 24.1. The summed E-state index contributed by atoms with van der Waals surface area (Å²) in [6.45, 7) is 3.51. The van der Waals surface area contributed by atoms with Gasteiger partial charge in [-0.3, -0.25) is 14.1 Å². The van der Waals surface area contributed by atoms with Crippen molar-refractivity contribution in [3.05, 3.63) is 35.8 Å². The van der Waals surface area contributed by atoms with E-state index in [4.69, 9.17) is 0 Å². The van der Waals surface area contributed by atoms with Crippen molar-refractivity contribution in [1.82, 2.24) is 19.6 Å². The molecule has 4 heterocycles. The Morgan fingerprint density at radius 2 is 2.00 bits per heavy atom. The molecule has 0 saturated carbocycles. The quantitative estimate of drug-likeness (QED) is 0.865. The van der Waals surface area contributed by atoms with Crippen LogP contribution in [0, 0.1) is 6.92 Å². The number of rotatable bonds is 3. The Morgan fingerprint density at radius 1 is 1.23 bits per heavy atom. The van der Waals surface area contributed by atoms with Gasteiger partial charge in [0.25, 0.3) is 5.91 Å². The van der Waals surface area contributed by atoms with Gasteiger partial charge in [-0.2, -0.15) is 0 Å². The third-order valence-electron chi connectivity index (χ3n) is 5.51. The Hall–Kier alpha value is -1.93. The van der Waals surface area contributed by atoms with Gasteiger partial charge in [-0.15, -0.1) is 0 Å². The van der Waals surface area contributed by atoms with E-state index < -0.39 is 9.84 Å². The SMILES string of the molecule is Cc1nc2ccccn2c1C(=O)NC1CCN([C@@H]2CCS(=O)(=O)C2)CC1. The van der Waals surface area contributed by atoms with Gasteiger partial charge in [0.2, 0.25) is 0 Å². The minimum absolute atomic E-state index is 0.0944. The molecule has 2 aromatic heterocycles. The van der Waals surface area contributed by atoms with Crippen LogP contribution in [-0.2, 0) is 9.84 Å². The van der Waals surface area contributed by atoms with Gasteiger partial charge < -0.3 is 5.32 Å². The van der Waals surface area contributed by atoms with Crippen LogP contribution in [0.2, 0.25) is 0 Å². The van der Waals surface area contributed by atoms with Crippen molar-refractivity contribution in [3.8, 4) is 0 Å². The lowest BCUT2D eigenvalue weighted by molar-refractivity contribution is 0.0891. The Labute approximate surface area is 153 Å². The lowest BCUT2D eigenvalue weighted by atomic mass is 10.0. The smallest absolute Gasteiger partial charge is 0.270 e. The van der Waals surface area contributed by atoms with Crippen LogP contribution in [0.4, 0.5) is 0 Å². The molecule has 8 heteroatoms. The van der Waals surface area contributed by atoms with E-state index in [1.165, 1.54) is 0 Å². The third-order valence-corrected chi connectivity index (χ3v) is 7.26. The maximum atomic E-state index is 12.8. The van der Waals surface area contributed by atoms with E-state index in [0.29, 0.717) is 11.4 Å². The molecule has 1 atom stereocenters. The summed E-state index contributed by atoms with van der Waals surface area (Å²) in [5.74, 6) is 0.496. The molecular weight excluding hydrogens is 352 g/mol. The highest BCUT2D eigenvalue weighted by molar-refractivity contribution is 7.91. The van der Waals surface area contributed by atoms with Crippen LogP contribution in [0.1, 0.15) is 35.4 Å². The van der Waals surface area contributed by atoms with E-state index >= 15 is 0 Å². The Bertz CT molecular complexity index is 929. The second-order valence-corrected chi connectivity index (χ2v) is 9.54. The number of hydrogen-bond donors (Lipinski definition) is 1. The highest BCUT2D eigenvalue weighted by atomic mass is 32.2. The van der Waals surface area contributed by atoms with Gasteiger partial charge in [0.15, 0.2) is 9.84 Å². The summed E-state index contributed by atoms with van der Waals surface area (Å²) in [4.78, 5) is 19.5. The van der Waals surface area contributed by atoms with Crippen LogP contribution >= 0.6 is 0 Å². The lowest BCUT2D eigenvalue weighted by Crippen LogP contribution is -2.48. The Kier molecular flexibility index (Phi) is 4.48. The Balaban J connectivity index is 1.38. The van der Waals surface area contributed by atoms with Crippen LogP contribution in [0.5, 0.6) is 0 Å². The van der Waals surface area contributed by atoms with Crippen molar-refractivity contribution in [1.29, 1.82) is 0 Å². The van der Waals surface area contributed by atoms with Crippen molar-refractivity contribution in [2.24, 2.45) is 0 Å².